The van der Waals surface area contributed by atoms with Gasteiger partial charge in [0, 0.05) is 72.1 Å². The molecule has 2 N–H and O–H groups in total. The van der Waals surface area contributed by atoms with E-state index in [0.29, 0.717) is 44.6 Å². The second kappa shape index (κ2) is 9.57. The number of nitrogens with one attached hydrogen (secondary N) is 2. The van der Waals surface area contributed by atoms with E-state index in [1.165, 1.54) is 0 Å². The molecule has 1 aromatic heterocycles. The van der Waals surface area contributed by atoms with E-state index in [9.17, 15) is 13.2 Å². The maximum Gasteiger partial charge on any atom is 0.417 e. The number of nitrogens with zero attached hydrogens (tertiary/aromatic N) is 3. The van der Waals surface area contributed by atoms with E-state index in [1.54, 1.807) is 14.2 Å². The van der Waals surface area contributed by atoms with Crippen molar-refractivity contribution in [1.82, 2.24) is 15.6 Å². The number of anilines is 1. The summed E-state index contributed by atoms with van der Waals surface area (Å²) in [6, 6.07) is 0.980. The van der Waals surface area contributed by atoms with Crippen molar-refractivity contribution in [2.45, 2.75) is 37.1 Å². The van der Waals surface area contributed by atoms with E-state index < -0.39 is 11.7 Å². The van der Waals surface area contributed by atoms with Crippen LogP contribution in [-0.4, -0.2) is 69.6 Å². The van der Waals surface area contributed by atoms with Crippen molar-refractivity contribution in [3.8, 4) is 0 Å². The number of rotatable bonds is 5. The van der Waals surface area contributed by atoms with E-state index in [4.69, 9.17) is 21.1 Å². The Bertz CT molecular complexity index is 756. The van der Waals surface area contributed by atoms with Gasteiger partial charge in [0.2, 0.25) is 0 Å². The lowest BCUT2D eigenvalue weighted by atomic mass is 9.94. The minimum absolute atomic E-state index is 0.00506. The number of ether oxygens (including phenoxy) is 2. The van der Waals surface area contributed by atoms with Crippen LogP contribution in [0.2, 0.25) is 5.02 Å². The van der Waals surface area contributed by atoms with Crippen LogP contribution in [0.25, 0.3) is 0 Å². The van der Waals surface area contributed by atoms with Crippen LogP contribution in [0.5, 0.6) is 0 Å². The van der Waals surface area contributed by atoms with Crippen molar-refractivity contribution in [2.24, 2.45) is 4.99 Å². The highest BCUT2D eigenvalue weighted by Crippen LogP contribution is 2.34. The minimum Gasteiger partial charge on any atom is -0.381 e. The summed E-state index contributed by atoms with van der Waals surface area (Å²) in [6.07, 6.45) is -1.25. The minimum atomic E-state index is -4.47. The highest BCUT2D eigenvalue weighted by molar-refractivity contribution is 6.33. The number of alkyl halides is 3. The number of halogens is 4. The SMILES string of the molecule is CN=C(NCC1(OC)CCOCC1)NC1CCN(c2ncc(C(F)(F)F)cc2Cl)C1. The predicted octanol–water partition coefficient (Wildman–Crippen LogP) is 2.69. The van der Waals surface area contributed by atoms with E-state index in [0.717, 1.165) is 31.5 Å². The molecule has 2 aliphatic heterocycles. The standard InChI is InChI=1S/C19H27ClF3N5O2/c1-24-17(26-12-18(29-2)4-7-30-8-5-18)27-14-3-6-28(11-14)16-15(20)9-13(10-25-16)19(21,22)23/h9-10,14H,3-8,11-12H2,1-2H3,(H2,24,26,27). The number of aliphatic imine (C=N–C) groups is 1. The zero-order valence-corrected chi connectivity index (χ0v) is 17.8. The zero-order valence-electron chi connectivity index (χ0n) is 17.1. The van der Waals surface area contributed by atoms with Crippen molar-refractivity contribution in [2.75, 3.05) is 51.9 Å². The van der Waals surface area contributed by atoms with Crippen molar-refractivity contribution >= 4 is 23.4 Å². The quantitative estimate of drug-likeness (QED) is 0.532. The molecule has 0 aromatic carbocycles. The second-order valence-corrected chi connectivity index (χ2v) is 7.94. The Morgan fingerprint density at radius 2 is 2.17 bits per heavy atom. The van der Waals surface area contributed by atoms with Gasteiger partial charge in [-0.15, -0.1) is 0 Å². The first-order valence-corrected chi connectivity index (χ1v) is 10.2. The van der Waals surface area contributed by atoms with Gasteiger partial charge in [0.25, 0.3) is 0 Å². The Morgan fingerprint density at radius 1 is 1.43 bits per heavy atom. The smallest absolute Gasteiger partial charge is 0.381 e. The third kappa shape index (κ3) is 5.47. The molecule has 0 spiro atoms. The van der Waals surface area contributed by atoms with E-state index >= 15 is 0 Å². The van der Waals surface area contributed by atoms with E-state index in [-0.39, 0.29) is 16.7 Å². The van der Waals surface area contributed by atoms with Crippen LogP contribution in [-0.2, 0) is 15.7 Å². The van der Waals surface area contributed by atoms with Crippen molar-refractivity contribution in [1.29, 1.82) is 0 Å². The summed E-state index contributed by atoms with van der Waals surface area (Å²) in [7, 11) is 3.40. The highest BCUT2D eigenvalue weighted by Gasteiger charge is 2.34. The molecular weight excluding hydrogens is 423 g/mol. The van der Waals surface area contributed by atoms with Crippen molar-refractivity contribution in [3.05, 3.63) is 22.8 Å². The lowest BCUT2D eigenvalue weighted by Gasteiger charge is -2.36. The molecule has 2 saturated heterocycles. The Kier molecular flexibility index (Phi) is 7.30. The van der Waals surface area contributed by atoms with Gasteiger partial charge in [0.15, 0.2) is 5.96 Å². The van der Waals surface area contributed by atoms with Crippen LogP contribution in [0, 0.1) is 0 Å². The summed E-state index contributed by atoms with van der Waals surface area (Å²) in [5.74, 6) is 1.01. The second-order valence-electron chi connectivity index (χ2n) is 7.53. The molecular formula is C19H27ClF3N5O2. The molecule has 168 valence electrons. The fraction of sp³-hybridized carbons (Fsp3) is 0.684. The molecule has 2 fully saturated rings. The van der Waals surface area contributed by atoms with Gasteiger partial charge in [-0.25, -0.2) is 4.98 Å². The van der Waals surface area contributed by atoms with Gasteiger partial charge in [0.05, 0.1) is 16.2 Å². The molecule has 30 heavy (non-hydrogen) atoms. The molecule has 0 radical (unpaired) electrons. The van der Waals surface area contributed by atoms with Crippen LogP contribution in [0.3, 0.4) is 0 Å². The summed E-state index contributed by atoms with van der Waals surface area (Å²) in [6.45, 7) is 3.13. The molecule has 11 heteroatoms. The molecule has 3 heterocycles. The Hall–Kier alpha value is -1.78. The average molecular weight is 450 g/mol. The summed E-state index contributed by atoms with van der Waals surface area (Å²) >= 11 is 6.08. The van der Waals surface area contributed by atoms with Crippen molar-refractivity contribution < 1.29 is 22.6 Å². The predicted molar refractivity (Wildman–Crippen MR) is 109 cm³/mol. The molecule has 0 amide bonds. The van der Waals surface area contributed by atoms with Gasteiger partial charge in [0.1, 0.15) is 5.82 Å². The Balaban J connectivity index is 1.56. The number of hydrogen-bond acceptors (Lipinski definition) is 5. The number of aromatic nitrogens is 1. The van der Waals surface area contributed by atoms with Crippen LogP contribution in [0.4, 0.5) is 19.0 Å². The van der Waals surface area contributed by atoms with Gasteiger partial charge >= 0.3 is 6.18 Å². The summed E-state index contributed by atoms with van der Waals surface area (Å²) < 4.78 is 49.6. The van der Waals surface area contributed by atoms with Crippen LogP contribution < -0.4 is 15.5 Å². The molecule has 2 aliphatic rings. The number of methoxy groups -OCH3 is 1. The first-order chi connectivity index (χ1) is 14.3. The maximum atomic E-state index is 12.8. The Labute approximate surface area is 179 Å². The van der Waals surface area contributed by atoms with Gasteiger partial charge in [-0.3, -0.25) is 4.99 Å². The molecule has 0 aliphatic carbocycles. The molecule has 0 saturated carbocycles. The third-order valence-corrected chi connectivity index (χ3v) is 5.89. The molecule has 1 unspecified atom stereocenters. The first-order valence-electron chi connectivity index (χ1n) is 9.84. The fourth-order valence-electron chi connectivity index (χ4n) is 3.72. The monoisotopic (exact) mass is 449 g/mol. The maximum absolute atomic E-state index is 12.8. The molecule has 1 atom stereocenters. The van der Waals surface area contributed by atoms with Gasteiger partial charge < -0.3 is 25.0 Å². The van der Waals surface area contributed by atoms with E-state index in [2.05, 4.69) is 20.6 Å². The Morgan fingerprint density at radius 3 is 2.77 bits per heavy atom. The molecule has 0 bridgehead atoms. The first kappa shape index (κ1) is 22.9. The van der Waals surface area contributed by atoms with Crippen LogP contribution >= 0.6 is 11.6 Å². The molecule has 1 aromatic rings. The summed E-state index contributed by atoms with van der Waals surface area (Å²) in [4.78, 5) is 10.1. The lowest BCUT2D eigenvalue weighted by Crippen LogP contribution is -2.52. The number of pyridine rings is 1. The average Bonchev–Trinajstić information content (AvgIpc) is 3.19. The van der Waals surface area contributed by atoms with Crippen LogP contribution in [0.1, 0.15) is 24.8 Å². The van der Waals surface area contributed by atoms with Gasteiger partial charge in [-0.05, 0) is 12.5 Å². The van der Waals surface area contributed by atoms with E-state index in [1.807, 2.05) is 4.90 Å². The van der Waals surface area contributed by atoms with Crippen LogP contribution in [0.15, 0.2) is 17.3 Å². The molecule has 7 nitrogen and oxygen atoms in total. The van der Waals surface area contributed by atoms with Gasteiger partial charge in [-0.1, -0.05) is 11.6 Å². The van der Waals surface area contributed by atoms with Crippen molar-refractivity contribution in [3.63, 3.8) is 0 Å². The topological polar surface area (TPSA) is 71.0 Å². The van der Waals surface area contributed by atoms with Gasteiger partial charge in [-0.2, -0.15) is 13.2 Å². The number of hydrogen-bond donors (Lipinski definition) is 2. The highest BCUT2D eigenvalue weighted by atomic mass is 35.5. The summed E-state index contributed by atoms with van der Waals surface area (Å²) in [5.41, 5.74) is -1.13. The normalized spacial score (nSPS) is 22.3. The lowest BCUT2D eigenvalue weighted by molar-refractivity contribution is -0.137. The molecule has 3 rings (SSSR count). The summed E-state index contributed by atoms with van der Waals surface area (Å²) in [5, 5.41) is 6.68. The zero-order chi connectivity index (χ0) is 21.8. The third-order valence-electron chi connectivity index (χ3n) is 5.62. The fourth-order valence-corrected chi connectivity index (χ4v) is 4.00. The number of guanidine groups is 1. The largest absolute Gasteiger partial charge is 0.417 e.